The summed E-state index contributed by atoms with van der Waals surface area (Å²) in [5.74, 6) is 1.19. The number of nitrogens with zero attached hydrogens (tertiary/aromatic N) is 4. The summed E-state index contributed by atoms with van der Waals surface area (Å²) in [6.45, 7) is 3.15. The molecule has 0 spiro atoms. The van der Waals surface area contributed by atoms with Gasteiger partial charge in [-0.2, -0.15) is 5.10 Å². The average Bonchev–Trinajstić information content (AvgIpc) is 3.01. The van der Waals surface area contributed by atoms with Gasteiger partial charge < -0.3 is 4.57 Å². The van der Waals surface area contributed by atoms with Crippen molar-refractivity contribution in [2.45, 2.75) is 32.7 Å². The smallest absolute Gasteiger partial charge is 0.109 e. The van der Waals surface area contributed by atoms with Crippen LogP contribution in [0.4, 0.5) is 0 Å². The molecule has 3 rings (SSSR count). The van der Waals surface area contributed by atoms with Crippen LogP contribution >= 0.6 is 0 Å². The van der Waals surface area contributed by atoms with Crippen molar-refractivity contribution < 1.29 is 0 Å². The third kappa shape index (κ3) is 2.33. The second-order valence-electron chi connectivity index (χ2n) is 5.11. The first-order chi connectivity index (χ1) is 9.79. The Labute approximate surface area is 119 Å². The van der Waals surface area contributed by atoms with E-state index in [0.29, 0.717) is 0 Å². The van der Waals surface area contributed by atoms with Crippen LogP contribution < -0.4 is 0 Å². The Morgan fingerprint density at radius 1 is 1.10 bits per heavy atom. The molecule has 2 heterocycles. The van der Waals surface area contributed by atoms with Crippen LogP contribution in [-0.4, -0.2) is 19.3 Å². The third-order valence-corrected chi connectivity index (χ3v) is 3.72. The lowest BCUT2D eigenvalue weighted by atomic mass is 10.2. The number of fused-ring (bicyclic) bond motifs is 1. The fraction of sp³-hybridized carbons (Fsp3) is 0.375. The minimum Gasteiger partial charge on any atom is -0.328 e. The van der Waals surface area contributed by atoms with Gasteiger partial charge in [-0.3, -0.25) is 4.68 Å². The van der Waals surface area contributed by atoms with Gasteiger partial charge in [0.1, 0.15) is 5.82 Å². The van der Waals surface area contributed by atoms with Gasteiger partial charge in [0.25, 0.3) is 0 Å². The van der Waals surface area contributed by atoms with Crippen molar-refractivity contribution in [3.8, 4) is 0 Å². The molecule has 0 amide bonds. The van der Waals surface area contributed by atoms with Crippen LogP contribution in [0.15, 0.2) is 36.5 Å². The second-order valence-corrected chi connectivity index (χ2v) is 5.11. The van der Waals surface area contributed by atoms with Crippen LogP contribution in [0.1, 0.15) is 24.9 Å². The summed E-state index contributed by atoms with van der Waals surface area (Å²) >= 11 is 0. The van der Waals surface area contributed by atoms with Crippen molar-refractivity contribution in [1.82, 2.24) is 19.3 Å². The molecule has 0 radical (unpaired) electrons. The molecule has 1 aromatic carbocycles. The standard InChI is InChI=1S/C16H20N4/c1-3-6-16-18-14-7-4-5-8-15(14)20(16)12-10-13-9-11-17-19(13)2/h4-5,7-9,11H,3,6,10,12H2,1-2H3. The SMILES string of the molecule is CCCc1nc2ccccc2n1CCc1ccnn1C. The van der Waals surface area contributed by atoms with Crippen molar-refractivity contribution in [3.05, 3.63) is 48.0 Å². The van der Waals surface area contributed by atoms with E-state index in [9.17, 15) is 0 Å². The van der Waals surface area contributed by atoms with Crippen molar-refractivity contribution in [3.63, 3.8) is 0 Å². The highest BCUT2D eigenvalue weighted by atomic mass is 15.3. The molecule has 0 aliphatic carbocycles. The van der Waals surface area contributed by atoms with E-state index in [1.165, 1.54) is 17.0 Å². The Hall–Kier alpha value is -2.10. The Bertz CT molecular complexity index is 708. The lowest BCUT2D eigenvalue weighted by molar-refractivity contribution is 0.620. The molecule has 0 unspecified atom stereocenters. The molecular weight excluding hydrogens is 248 g/mol. The zero-order chi connectivity index (χ0) is 13.9. The number of hydrogen-bond acceptors (Lipinski definition) is 2. The van der Waals surface area contributed by atoms with E-state index >= 15 is 0 Å². The van der Waals surface area contributed by atoms with Gasteiger partial charge in [-0.05, 0) is 24.6 Å². The van der Waals surface area contributed by atoms with Crippen LogP contribution in [0.3, 0.4) is 0 Å². The van der Waals surface area contributed by atoms with Crippen LogP contribution in [0, 0.1) is 0 Å². The summed E-state index contributed by atoms with van der Waals surface area (Å²) in [4.78, 5) is 4.77. The summed E-state index contributed by atoms with van der Waals surface area (Å²) in [5, 5.41) is 4.23. The highest BCUT2D eigenvalue weighted by molar-refractivity contribution is 5.75. The Balaban J connectivity index is 1.92. The van der Waals surface area contributed by atoms with Crippen LogP contribution in [-0.2, 0) is 26.4 Å². The first kappa shape index (κ1) is 12.9. The fourth-order valence-electron chi connectivity index (χ4n) is 2.66. The number of imidazole rings is 1. The Kier molecular flexibility index (Phi) is 3.54. The van der Waals surface area contributed by atoms with E-state index in [1.807, 2.05) is 17.9 Å². The van der Waals surface area contributed by atoms with E-state index in [1.54, 1.807) is 0 Å². The largest absolute Gasteiger partial charge is 0.328 e. The first-order valence-corrected chi connectivity index (χ1v) is 7.20. The number of rotatable bonds is 5. The molecule has 0 bridgehead atoms. The zero-order valence-corrected chi connectivity index (χ0v) is 12.1. The minimum absolute atomic E-state index is 0.954. The summed E-state index contributed by atoms with van der Waals surface area (Å²) < 4.78 is 4.30. The van der Waals surface area contributed by atoms with E-state index < -0.39 is 0 Å². The van der Waals surface area contributed by atoms with E-state index in [0.717, 1.165) is 31.3 Å². The van der Waals surface area contributed by atoms with Gasteiger partial charge in [0.15, 0.2) is 0 Å². The van der Waals surface area contributed by atoms with Gasteiger partial charge in [0.05, 0.1) is 11.0 Å². The average molecular weight is 268 g/mol. The first-order valence-electron chi connectivity index (χ1n) is 7.20. The molecule has 0 saturated carbocycles. The topological polar surface area (TPSA) is 35.6 Å². The van der Waals surface area contributed by atoms with Crippen LogP contribution in [0.2, 0.25) is 0 Å². The maximum Gasteiger partial charge on any atom is 0.109 e. The third-order valence-electron chi connectivity index (χ3n) is 3.72. The van der Waals surface area contributed by atoms with Gasteiger partial charge >= 0.3 is 0 Å². The van der Waals surface area contributed by atoms with E-state index in [-0.39, 0.29) is 0 Å². The molecule has 4 heteroatoms. The maximum absolute atomic E-state index is 4.77. The maximum atomic E-state index is 4.77. The van der Waals surface area contributed by atoms with Crippen molar-refractivity contribution >= 4 is 11.0 Å². The number of aromatic nitrogens is 4. The number of benzene rings is 1. The monoisotopic (exact) mass is 268 g/mol. The van der Waals surface area contributed by atoms with E-state index in [2.05, 4.69) is 46.9 Å². The predicted molar refractivity (Wildman–Crippen MR) is 80.6 cm³/mol. The Morgan fingerprint density at radius 2 is 1.95 bits per heavy atom. The molecule has 0 atom stereocenters. The molecule has 4 nitrogen and oxygen atoms in total. The summed E-state index contributed by atoms with van der Waals surface area (Å²) in [6.07, 6.45) is 4.98. The van der Waals surface area contributed by atoms with Gasteiger partial charge in [-0.15, -0.1) is 0 Å². The molecule has 0 aliphatic rings. The molecule has 0 fully saturated rings. The Morgan fingerprint density at radius 3 is 2.70 bits per heavy atom. The number of hydrogen-bond donors (Lipinski definition) is 0. The molecule has 0 N–H and O–H groups in total. The normalized spacial score (nSPS) is 11.3. The van der Waals surface area contributed by atoms with Crippen LogP contribution in [0.5, 0.6) is 0 Å². The molecular formula is C16H20N4. The fourth-order valence-corrected chi connectivity index (χ4v) is 2.66. The highest BCUT2D eigenvalue weighted by Crippen LogP contribution is 2.18. The second kappa shape index (κ2) is 5.49. The van der Waals surface area contributed by atoms with Crippen molar-refractivity contribution in [2.75, 3.05) is 0 Å². The summed E-state index contributed by atoms with van der Waals surface area (Å²) in [5.41, 5.74) is 3.59. The minimum atomic E-state index is 0.954. The molecule has 3 aromatic rings. The molecule has 0 saturated heterocycles. The van der Waals surface area contributed by atoms with Gasteiger partial charge in [0.2, 0.25) is 0 Å². The van der Waals surface area contributed by atoms with E-state index in [4.69, 9.17) is 4.98 Å². The molecule has 20 heavy (non-hydrogen) atoms. The quantitative estimate of drug-likeness (QED) is 0.713. The number of para-hydroxylation sites is 2. The van der Waals surface area contributed by atoms with Gasteiger partial charge in [0, 0.05) is 38.3 Å². The van der Waals surface area contributed by atoms with Crippen molar-refractivity contribution in [1.29, 1.82) is 0 Å². The number of aryl methyl sites for hydroxylation is 4. The van der Waals surface area contributed by atoms with Crippen LogP contribution in [0.25, 0.3) is 11.0 Å². The lowest BCUT2D eigenvalue weighted by Gasteiger charge is -2.09. The molecule has 0 aliphatic heterocycles. The van der Waals surface area contributed by atoms with Gasteiger partial charge in [-0.1, -0.05) is 19.1 Å². The summed E-state index contributed by atoms with van der Waals surface area (Å²) in [6, 6.07) is 10.5. The predicted octanol–water partition coefficient (Wildman–Crippen LogP) is 2.97. The molecule has 2 aromatic heterocycles. The lowest BCUT2D eigenvalue weighted by Crippen LogP contribution is -2.08. The molecule has 104 valence electrons. The summed E-state index contributed by atoms with van der Waals surface area (Å²) in [7, 11) is 1.99. The van der Waals surface area contributed by atoms with Gasteiger partial charge in [-0.25, -0.2) is 4.98 Å². The highest BCUT2D eigenvalue weighted by Gasteiger charge is 2.10. The zero-order valence-electron chi connectivity index (χ0n) is 12.1. The van der Waals surface area contributed by atoms with Crippen molar-refractivity contribution in [2.24, 2.45) is 7.05 Å².